The number of carbonyl (C=O) groups is 1. The second-order valence-electron chi connectivity index (χ2n) is 4.72. The Bertz CT molecular complexity index is 369. The fourth-order valence-corrected chi connectivity index (χ4v) is 1.90. The lowest BCUT2D eigenvalue weighted by Gasteiger charge is -2.30. The standard InChI is InChI=1S/C12H21N3O2/c1-7(2)15(8(3)4)12(16)13-11-9(5)14-17-10(11)6/h7-8H,1-6H3,(H,13,16). The van der Waals surface area contributed by atoms with Gasteiger partial charge in [0.2, 0.25) is 0 Å². The Morgan fingerprint density at radius 3 is 2.12 bits per heavy atom. The van der Waals surface area contributed by atoms with E-state index in [9.17, 15) is 4.79 Å². The zero-order valence-corrected chi connectivity index (χ0v) is 11.4. The van der Waals surface area contributed by atoms with Gasteiger partial charge >= 0.3 is 6.03 Å². The first-order valence-electron chi connectivity index (χ1n) is 5.86. The van der Waals surface area contributed by atoms with Gasteiger partial charge in [-0.1, -0.05) is 5.16 Å². The van der Waals surface area contributed by atoms with Crippen LogP contribution in [0.3, 0.4) is 0 Å². The van der Waals surface area contributed by atoms with E-state index in [0.29, 0.717) is 17.1 Å². The second-order valence-corrected chi connectivity index (χ2v) is 4.72. The Hall–Kier alpha value is -1.52. The zero-order chi connectivity index (χ0) is 13.2. The van der Waals surface area contributed by atoms with Crippen LogP contribution in [0, 0.1) is 13.8 Å². The van der Waals surface area contributed by atoms with Gasteiger partial charge in [0.15, 0.2) is 5.76 Å². The minimum absolute atomic E-state index is 0.121. The predicted molar refractivity (Wildman–Crippen MR) is 67.1 cm³/mol. The Morgan fingerprint density at radius 1 is 1.24 bits per heavy atom. The van der Waals surface area contributed by atoms with E-state index in [1.54, 1.807) is 18.7 Å². The summed E-state index contributed by atoms with van der Waals surface area (Å²) in [6.45, 7) is 11.6. The van der Waals surface area contributed by atoms with Crippen molar-refractivity contribution in [2.75, 3.05) is 5.32 Å². The number of carbonyl (C=O) groups excluding carboxylic acids is 1. The van der Waals surface area contributed by atoms with E-state index in [1.807, 2.05) is 27.7 Å². The number of nitrogens with zero attached hydrogens (tertiary/aromatic N) is 2. The summed E-state index contributed by atoms with van der Waals surface area (Å²) in [5.41, 5.74) is 1.37. The van der Waals surface area contributed by atoms with E-state index in [1.165, 1.54) is 0 Å². The van der Waals surface area contributed by atoms with Crippen LogP contribution in [0.4, 0.5) is 10.5 Å². The highest BCUT2D eigenvalue weighted by Gasteiger charge is 2.22. The van der Waals surface area contributed by atoms with Gasteiger partial charge in [-0.15, -0.1) is 0 Å². The first kappa shape index (κ1) is 13.5. The summed E-state index contributed by atoms with van der Waals surface area (Å²) in [6.07, 6.45) is 0. The Kier molecular flexibility index (Phi) is 4.15. The Labute approximate surface area is 102 Å². The summed E-state index contributed by atoms with van der Waals surface area (Å²) in [5, 5.41) is 6.66. The summed E-state index contributed by atoms with van der Waals surface area (Å²) in [6, 6.07) is 0.176. The average Bonchev–Trinajstić information content (AvgIpc) is 2.48. The molecule has 0 aliphatic heterocycles. The lowest BCUT2D eigenvalue weighted by molar-refractivity contribution is 0.178. The van der Waals surface area contributed by atoms with Gasteiger partial charge in [0.05, 0.1) is 0 Å². The number of aryl methyl sites for hydroxylation is 2. The van der Waals surface area contributed by atoms with Gasteiger partial charge in [-0.25, -0.2) is 4.79 Å². The highest BCUT2D eigenvalue weighted by molar-refractivity contribution is 5.90. The van der Waals surface area contributed by atoms with Crippen molar-refractivity contribution in [2.45, 2.75) is 53.6 Å². The lowest BCUT2D eigenvalue weighted by atomic mass is 10.2. The molecule has 1 rings (SSSR count). The monoisotopic (exact) mass is 239 g/mol. The molecule has 0 saturated heterocycles. The number of nitrogens with one attached hydrogen (secondary N) is 1. The molecule has 1 aromatic heterocycles. The van der Waals surface area contributed by atoms with Crippen molar-refractivity contribution >= 4 is 11.7 Å². The predicted octanol–water partition coefficient (Wildman–Crippen LogP) is 2.94. The summed E-state index contributed by atoms with van der Waals surface area (Å²) in [4.78, 5) is 13.9. The molecule has 5 heteroatoms. The normalized spacial score (nSPS) is 11.1. The Morgan fingerprint density at radius 2 is 1.76 bits per heavy atom. The van der Waals surface area contributed by atoms with Crippen molar-refractivity contribution in [1.82, 2.24) is 10.1 Å². The molecule has 0 unspecified atom stereocenters. The van der Waals surface area contributed by atoms with Crippen LogP contribution in [0.25, 0.3) is 0 Å². The number of anilines is 1. The number of amides is 2. The van der Waals surface area contributed by atoms with E-state index in [4.69, 9.17) is 4.52 Å². The smallest absolute Gasteiger partial charge is 0.322 e. The largest absolute Gasteiger partial charge is 0.359 e. The molecule has 2 amide bonds. The van der Waals surface area contributed by atoms with Gasteiger partial charge < -0.3 is 14.7 Å². The van der Waals surface area contributed by atoms with Gasteiger partial charge in [-0.3, -0.25) is 0 Å². The Balaban J connectivity index is 2.84. The maximum atomic E-state index is 12.1. The molecule has 0 saturated carbocycles. The van der Waals surface area contributed by atoms with Crippen molar-refractivity contribution in [3.05, 3.63) is 11.5 Å². The summed E-state index contributed by atoms with van der Waals surface area (Å²) in [5.74, 6) is 0.628. The number of hydrogen-bond acceptors (Lipinski definition) is 3. The summed E-state index contributed by atoms with van der Waals surface area (Å²) < 4.78 is 5.01. The van der Waals surface area contributed by atoms with Crippen LogP contribution in [0.15, 0.2) is 4.52 Å². The third-order valence-corrected chi connectivity index (χ3v) is 2.61. The van der Waals surface area contributed by atoms with E-state index in [0.717, 1.165) is 0 Å². The third-order valence-electron chi connectivity index (χ3n) is 2.61. The molecule has 0 radical (unpaired) electrons. The molecule has 0 fully saturated rings. The third kappa shape index (κ3) is 2.99. The molecule has 0 aliphatic carbocycles. The van der Waals surface area contributed by atoms with Crippen molar-refractivity contribution < 1.29 is 9.32 Å². The molecule has 96 valence electrons. The molecule has 0 spiro atoms. The van der Waals surface area contributed by atoms with Crippen molar-refractivity contribution in [1.29, 1.82) is 0 Å². The van der Waals surface area contributed by atoms with Crippen LogP contribution in [0.2, 0.25) is 0 Å². The maximum Gasteiger partial charge on any atom is 0.322 e. The lowest BCUT2D eigenvalue weighted by Crippen LogP contribution is -2.44. The molecule has 0 bridgehead atoms. The molecule has 0 aliphatic rings. The molecule has 0 atom stereocenters. The quantitative estimate of drug-likeness (QED) is 0.882. The molecule has 1 heterocycles. The molecule has 1 aromatic rings. The van der Waals surface area contributed by atoms with Crippen molar-refractivity contribution in [3.8, 4) is 0 Å². The van der Waals surface area contributed by atoms with Crippen LogP contribution in [0.1, 0.15) is 39.1 Å². The van der Waals surface area contributed by atoms with Gasteiger partial charge in [0.1, 0.15) is 11.4 Å². The SMILES string of the molecule is Cc1noc(C)c1NC(=O)N(C(C)C)C(C)C. The molecule has 0 aromatic carbocycles. The van der Waals surface area contributed by atoms with E-state index < -0.39 is 0 Å². The molecule has 17 heavy (non-hydrogen) atoms. The molecular formula is C12H21N3O2. The molecule has 1 N–H and O–H groups in total. The average molecular weight is 239 g/mol. The highest BCUT2D eigenvalue weighted by atomic mass is 16.5. The van der Waals surface area contributed by atoms with Crippen molar-refractivity contribution in [2.24, 2.45) is 0 Å². The minimum atomic E-state index is -0.121. The van der Waals surface area contributed by atoms with E-state index in [2.05, 4.69) is 10.5 Å². The van der Waals surface area contributed by atoms with E-state index in [-0.39, 0.29) is 18.1 Å². The van der Waals surface area contributed by atoms with Gasteiger partial charge in [0.25, 0.3) is 0 Å². The van der Waals surface area contributed by atoms with Crippen LogP contribution < -0.4 is 5.32 Å². The van der Waals surface area contributed by atoms with E-state index >= 15 is 0 Å². The van der Waals surface area contributed by atoms with Crippen molar-refractivity contribution in [3.63, 3.8) is 0 Å². The fourth-order valence-electron chi connectivity index (χ4n) is 1.90. The number of urea groups is 1. The molecular weight excluding hydrogens is 218 g/mol. The van der Waals surface area contributed by atoms with Gasteiger partial charge in [-0.2, -0.15) is 0 Å². The zero-order valence-electron chi connectivity index (χ0n) is 11.4. The van der Waals surface area contributed by atoms with Crippen LogP contribution in [-0.4, -0.2) is 28.2 Å². The number of aromatic nitrogens is 1. The number of rotatable bonds is 3. The molecule has 5 nitrogen and oxygen atoms in total. The van der Waals surface area contributed by atoms with Gasteiger partial charge in [0, 0.05) is 12.1 Å². The second kappa shape index (κ2) is 5.21. The number of hydrogen-bond donors (Lipinski definition) is 1. The van der Waals surface area contributed by atoms with Gasteiger partial charge in [-0.05, 0) is 41.5 Å². The summed E-state index contributed by atoms with van der Waals surface area (Å²) >= 11 is 0. The maximum absolute atomic E-state index is 12.1. The first-order valence-corrected chi connectivity index (χ1v) is 5.86. The topological polar surface area (TPSA) is 58.4 Å². The summed E-state index contributed by atoms with van der Waals surface area (Å²) in [7, 11) is 0. The van der Waals surface area contributed by atoms with Crippen LogP contribution in [0.5, 0.6) is 0 Å². The van der Waals surface area contributed by atoms with Crippen LogP contribution >= 0.6 is 0 Å². The van der Waals surface area contributed by atoms with Crippen LogP contribution in [-0.2, 0) is 0 Å². The fraction of sp³-hybridized carbons (Fsp3) is 0.667. The highest BCUT2D eigenvalue weighted by Crippen LogP contribution is 2.20. The minimum Gasteiger partial charge on any atom is -0.359 e. The first-order chi connectivity index (χ1) is 7.84.